The first-order chi connectivity index (χ1) is 18.4. The van der Waals surface area contributed by atoms with Gasteiger partial charge in [-0.2, -0.15) is 18.2 Å². The van der Waals surface area contributed by atoms with Crippen molar-refractivity contribution in [2.75, 3.05) is 0 Å². The van der Waals surface area contributed by atoms with Crippen molar-refractivity contribution in [2.45, 2.75) is 0 Å². The molecular weight excluding hydrogens is 649 g/mol. The SMILES string of the molecule is [Ir].[c-]1ccc2ccccc2c1-n1c2ccccc2n2ccnc12.c1ccc(-c2nc3ccccc3[n-]2)nc1. The van der Waals surface area contributed by atoms with Gasteiger partial charge in [0, 0.05) is 38.7 Å². The van der Waals surface area contributed by atoms with Crippen molar-refractivity contribution >= 4 is 38.6 Å². The van der Waals surface area contributed by atoms with Crippen molar-refractivity contribution in [1.29, 1.82) is 0 Å². The molecule has 6 nitrogen and oxygen atoms in total. The first-order valence-corrected chi connectivity index (χ1v) is 12.0. The number of rotatable bonds is 2. The Labute approximate surface area is 232 Å². The molecule has 7 heteroatoms. The summed E-state index contributed by atoms with van der Waals surface area (Å²) in [6, 6.07) is 37.8. The van der Waals surface area contributed by atoms with Crippen molar-refractivity contribution in [3.8, 4) is 17.2 Å². The summed E-state index contributed by atoms with van der Waals surface area (Å²) >= 11 is 0. The maximum Gasteiger partial charge on any atom is 0.217 e. The number of nitrogens with zero attached hydrogens (tertiary/aromatic N) is 6. The maximum atomic E-state index is 4.54. The molecule has 0 saturated carbocycles. The molecule has 0 aliphatic rings. The van der Waals surface area contributed by atoms with Crippen LogP contribution in [0.4, 0.5) is 0 Å². The Bertz CT molecular complexity index is 1960. The molecule has 0 N–H and O–H groups in total. The fourth-order valence-corrected chi connectivity index (χ4v) is 4.68. The van der Waals surface area contributed by atoms with Crippen LogP contribution in [0.3, 0.4) is 0 Å². The zero-order valence-electron chi connectivity index (χ0n) is 20.1. The van der Waals surface area contributed by atoms with Gasteiger partial charge in [0.1, 0.15) is 0 Å². The molecule has 0 atom stereocenters. The second-order valence-electron chi connectivity index (χ2n) is 8.59. The summed E-state index contributed by atoms with van der Waals surface area (Å²) in [6.45, 7) is 0. The van der Waals surface area contributed by atoms with Gasteiger partial charge in [0.25, 0.3) is 0 Å². The van der Waals surface area contributed by atoms with E-state index in [-0.39, 0.29) is 20.1 Å². The third-order valence-corrected chi connectivity index (χ3v) is 6.35. The molecule has 8 aromatic rings. The Morgan fingerprint density at radius 2 is 1.50 bits per heavy atom. The van der Waals surface area contributed by atoms with Gasteiger partial charge >= 0.3 is 0 Å². The van der Waals surface area contributed by atoms with Crippen molar-refractivity contribution in [3.05, 3.63) is 128 Å². The molecule has 1 radical (unpaired) electrons. The number of pyridine rings is 1. The summed E-state index contributed by atoms with van der Waals surface area (Å²) in [4.78, 5) is 17.6. The van der Waals surface area contributed by atoms with Gasteiger partial charge < -0.3 is 14.5 Å². The molecule has 38 heavy (non-hydrogen) atoms. The van der Waals surface area contributed by atoms with Gasteiger partial charge in [-0.3, -0.25) is 9.38 Å². The Balaban J connectivity index is 0.000000145. The standard InChI is InChI=1S/C19H12N3.C12H8N3.Ir/c1-2-8-15-14(6-1)7-5-11-16(15)22-18-10-4-3-9-17(18)21-13-12-20-19(21)22;1-2-6-10-9(5-1)14-12(15-10)11-7-3-4-8-13-11;/h1-10,12-13H;1-8H;/q2*-1;. The number of imidazole rings is 3. The molecule has 0 aliphatic heterocycles. The van der Waals surface area contributed by atoms with E-state index in [1.165, 1.54) is 10.8 Å². The average molecular weight is 669 g/mol. The minimum Gasteiger partial charge on any atom is -0.434 e. The van der Waals surface area contributed by atoms with Gasteiger partial charge in [-0.1, -0.05) is 66.4 Å². The van der Waals surface area contributed by atoms with Gasteiger partial charge in [-0.25, -0.2) is 4.98 Å². The topological polar surface area (TPSA) is 62.1 Å². The van der Waals surface area contributed by atoms with Crippen LogP contribution in [0.1, 0.15) is 0 Å². The van der Waals surface area contributed by atoms with E-state index in [2.05, 4.69) is 89.6 Å². The van der Waals surface area contributed by atoms with Gasteiger partial charge in [-0.15, -0.1) is 16.8 Å². The number of hydrogen-bond donors (Lipinski definition) is 0. The second kappa shape index (κ2) is 10.1. The normalized spacial score (nSPS) is 10.9. The summed E-state index contributed by atoms with van der Waals surface area (Å²) in [5.74, 6) is 1.60. The Hall–Kier alpha value is -4.58. The molecule has 4 aromatic heterocycles. The Kier molecular flexibility index (Phi) is 6.30. The van der Waals surface area contributed by atoms with Crippen molar-refractivity contribution in [1.82, 2.24) is 28.9 Å². The smallest absolute Gasteiger partial charge is 0.217 e. The van der Waals surface area contributed by atoms with Crippen molar-refractivity contribution in [2.24, 2.45) is 0 Å². The molecule has 0 saturated heterocycles. The summed E-state index contributed by atoms with van der Waals surface area (Å²) in [5.41, 5.74) is 5.97. The number of fused-ring (bicyclic) bond motifs is 5. The van der Waals surface area contributed by atoms with E-state index >= 15 is 0 Å². The molecule has 185 valence electrons. The zero-order chi connectivity index (χ0) is 24.6. The predicted molar refractivity (Wildman–Crippen MR) is 147 cm³/mol. The van der Waals surface area contributed by atoms with E-state index in [9.17, 15) is 0 Å². The Morgan fingerprint density at radius 3 is 2.37 bits per heavy atom. The van der Waals surface area contributed by atoms with Crippen LogP contribution >= 0.6 is 0 Å². The molecule has 8 rings (SSSR count). The van der Waals surface area contributed by atoms with E-state index < -0.39 is 0 Å². The number of benzene rings is 4. The van der Waals surface area contributed by atoms with Crippen molar-refractivity contribution in [3.63, 3.8) is 0 Å². The third kappa shape index (κ3) is 4.08. The van der Waals surface area contributed by atoms with Crippen LogP contribution in [-0.4, -0.2) is 23.9 Å². The molecule has 0 amide bonds. The van der Waals surface area contributed by atoms with E-state index in [4.69, 9.17) is 0 Å². The monoisotopic (exact) mass is 669 g/mol. The third-order valence-electron chi connectivity index (χ3n) is 6.35. The molecular formula is C31H20IrN6-2. The first-order valence-electron chi connectivity index (χ1n) is 12.0. The van der Waals surface area contributed by atoms with Crippen LogP contribution in [0, 0.1) is 6.07 Å². The van der Waals surface area contributed by atoms with Crippen LogP contribution in [0.25, 0.3) is 55.8 Å². The molecule has 0 fully saturated rings. The van der Waals surface area contributed by atoms with Crippen LogP contribution in [-0.2, 0) is 20.1 Å². The molecule has 4 heterocycles. The average Bonchev–Trinajstić information content (AvgIpc) is 3.68. The van der Waals surface area contributed by atoms with E-state index in [1.807, 2.05) is 60.9 Å². The molecule has 0 unspecified atom stereocenters. The minimum absolute atomic E-state index is 0. The predicted octanol–water partition coefficient (Wildman–Crippen LogP) is 6.48. The fraction of sp³-hybridized carbons (Fsp3) is 0. The zero-order valence-corrected chi connectivity index (χ0v) is 22.5. The molecule has 4 aromatic carbocycles. The summed E-state index contributed by atoms with van der Waals surface area (Å²) < 4.78 is 4.29. The van der Waals surface area contributed by atoms with E-state index in [0.717, 1.165) is 39.2 Å². The van der Waals surface area contributed by atoms with E-state index in [1.54, 1.807) is 6.20 Å². The van der Waals surface area contributed by atoms with Crippen LogP contribution < -0.4 is 4.98 Å². The number of para-hydroxylation sites is 4. The van der Waals surface area contributed by atoms with Crippen LogP contribution in [0.5, 0.6) is 0 Å². The summed E-state index contributed by atoms with van der Waals surface area (Å²) in [5, 5.41) is 2.38. The number of hydrogen-bond acceptors (Lipinski definition) is 3. The van der Waals surface area contributed by atoms with Gasteiger partial charge in [0.2, 0.25) is 5.78 Å². The fourth-order valence-electron chi connectivity index (χ4n) is 4.68. The Morgan fingerprint density at radius 1 is 0.711 bits per heavy atom. The van der Waals surface area contributed by atoms with Gasteiger partial charge in [0.15, 0.2) is 0 Å². The number of aromatic nitrogens is 6. The van der Waals surface area contributed by atoms with Crippen LogP contribution in [0.2, 0.25) is 0 Å². The minimum atomic E-state index is 0. The maximum absolute atomic E-state index is 4.54. The molecule has 0 aliphatic carbocycles. The summed E-state index contributed by atoms with van der Waals surface area (Å²) in [7, 11) is 0. The summed E-state index contributed by atoms with van der Waals surface area (Å²) in [6.07, 6.45) is 5.58. The molecule has 0 spiro atoms. The molecule has 0 bridgehead atoms. The van der Waals surface area contributed by atoms with E-state index in [0.29, 0.717) is 5.82 Å². The van der Waals surface area contributed by atoms with Crippen LogP contribution in [0.15, 0.2) is 122 Å². The second-order valence-corrected chi connectivity index (χ2v) is 8.59. The first kappa shape index (κ1) is 23.8. The van der Waals surface area contributed by atoms with Gasteiger partial charge in [0.05, 0.1) is 16.7 Å². The van der Waals surface area contributed by atoms with Gasteiger partial charge in [-0.05, 0) is 41.1 Å². The van der Waals surface area contributed by atoms with Crippen molar-refractivity contribution < 1.29 is 20.1 Å². The largest absolute Gasteiger partial charge is 0.434 e. The quantitative estimate of drug-likeness (QED) is 0.198.